The lowest BCUT2D eigenvalue weighted by Gasteiger charge is -2.17. The van der Waals surface area contributed by atoms with Crippen molar-refractivity contribution < 1.29 is 23.9 Å². The van der Waals surface area contributed by atoms with Crippen molar-refractivity contribution in [1.82, 2.24) is 9.88 Å². The minimum Gasteiger partial charge on any atom is -0.486 e. The molecule has 3 amide bonds. The molecule has 8 nitrogen and oxygen atoms in total. The van der Waals surface area contributed by atoms with Crippen LogP contribution >= 0.6 is 11.3 Å². The summed E-state index contributed by atoms with van der Waals surface area (Å²) in [7, 11) is 0. The van der Waals surface area contributed by atoms with E-state index in [-0.39, 0.29) is 42.5 Å². The van der Waals surface area contributed by atoms with E-state index in [0.717, 1.165) is 10.2 Å². The van der Waals surface area contributed by atoms with Crippen LogP contribution in [-0.4, -0.2) is 47.4 Å². The Kier molecular flexibility index (Phi) is 4.46. The molecule has 1 aliphatic carbocycles. The van der Waals surface area contributed by atoms with Gasteiger partial charge < -0.3 is 14.8 Å². The van der Waals surface area contributed by atoms with Gasteiger partial charge in [-0.25, -0.2) is 4.98 Å². The van der Waals surface area contributed by atoms with Crippen LogP contribution in [0.15, 0.2) is 24.3 Å². The number of benzene rings is 1. The van der Waals surface area contributed by atoms with E-state index in [1.54, 1.807) is 6.07 Å². The van der Waals surface area contributed by atoms with Gasteiger partial charge in [-0.05, 0) is 12.8 Å². The zero-order valence-corrected chi connectivity index (χ0v) is 16.4. The van der Waals surface area contributed by atoms with Crippen molar-refractivity contribution in [3.8, 4) is 11.5 Å². The highest BCUT2D eigenvalue weighted by molar-refractivity contribution is 7.22. The molecule has 5 rings (SSSR count). The van der Waals surface area contributed by atoms with Crippen LogP contribution in [0.5, 0.6) is 11.5 Å². The Hall–Kier alpha value is -2.94. The number of nitrogens with one attached hydrogen (secondary N) is 1. The SMILES string of the molecule is O=C(CCN1C(=O)[C@@H]2CC=CC[C@H]2C1=O)Nc1nc2cc3c(cc2s1)OCCO3. The maximum Gasteiger partial charge on any atom is 0.233 e. The second-order valence-corrected chi connectivity index (χ2v) is 8.30. The largest absolute Gasteiger partial charge is 0.486 e. The number of ether oxygens (including phenoxy) is 2. The molecule has 1 aromatic carbocycles. The lowest BCUT2D eigenvalue weighted by Crippen LogP contribution is -2.34. The highest BCUT2D eigenvalue weighted by Crippen LogP contribution is 2.38. The van der Waals surface area contributed by atoms with Gasteiger partial charge in [0.1, 0.15) is 13.2 Å². The molecule has 2 atom stereocenters. The van der Waals surface area contributed by atoms with Gasteiger partial charge in [-0.15, -0.1) is 0 Å². The quantitative estimate of drug-likeness (QED) is 0.610. The summed E-state index contributed by atoms with van der Waals surface area (Å²) in [5, 5.41) is 3.23. The molecule has 1 aromatic heterocycles. The Labute approximate surface area is 170 Å². The fraction of sp³-hybridized carbons (Fsp3) is 0.400. The van der Waals surface area contributed by atoms with Crippen molar-refractivity contribution in [3.63, 3.8) is 0 Å². The summed E-state index contributed by atoms with van der Waals surface area (Å²) in [6, 6.07) is 3.65. The van der Waals surface area contributed by atoms with Crippen LogP contribution < -0.4 is 14.8 Å². The summed E-state index contributed by atoms with van der Waals surface area (Å²) in [5.41, 5.74) is 0.719. The zero-order valence-electron chi connectivity index (χ0n) is 15.6. The molecule has 0 saturated carbocycles. The van der Waals surface area contributed by atoms with Gasteiger partial charge >= 0.3 is 0 Å². The van der Waals surface area contributed by atoms with E-state index in [0.29, 0.717) is 42.7 Å². The molecule has 0 unspecified atom stereocenters. The molecule has 1 saturated heterocycles. The van der Waals surface area contributed by atoms with Gasteiger partial charge in [0.05, 0.1) is 22.1 Å². The lowest BCUT2D eigenvalue weighted by molar-refractivity contribution is -0.140. The number of allylic oxidation sites excluding steroid dienone is 2. The standard InChI is InChI=1S/C20H19N3O5S/c24-17(5-6-23-18(25)11-3-1-2-4-12(11)19(23)26)22-20-21-13-9-14-15(10-16(13)29-20)28-8-7-27-14/h1-2,9-12H,3-8H2,(H,21,22,24)/t11-,12-/m1/s1. The monoisotopic (exact) mass is 413 g/mol. The zero-order chi connectivity index (χ0) is 20.0. The first-order chi connectivity index (χ1) is 14.1. The number of carbonyl (C=O) groups is 3. The second kappa shape index (κ2) is 7.14. The average Bonchev–Trinajstić information content (AvgIpc) is 3.22. The molecular formula is C20H19N3O5S. The molecule has 0 radical (unpaired) electrons. The Morgan fingerprint density at radius 3 is 2.45 bits per heavy atom. The van der Waals surface area contributed by atoms with Crippen molar-refractivity contribution in [2.45, 2.75) is 19.3 Å². The maximum absolute atomic E-state index is 12.5. The number of amides is 3. The Balaban J connectivity index is 1.23. The molecule has 29 heavy (non-hydrogen) atoms. The van der Waals surface area contributed by atoms with E-state index < -0.39 is 0 Å². The van der Waals surface area contributed by atoms with Crippen LogP contribution in [0.2, 0.25) is 0 Å². The number of aromatic nitrogens is 1. The molecule has 3 heterocycles. The van der Waals surface area contributed by atoms with Gasteiger partial charge in [-0.1, -0.05) is 23.5 Å². The highest BCUT2D eigenvalue weighted by Gasteiger charge is 2.46. The van der Waals surface area contributed by atoms with E-state index in [1.165, 1.54) is 16.2 Å². The van der Waals surface area contributed by atoms with Crippen molar-refractivity contribution in [1.29, 1.82) is 0 Å². The van der Waals surface area contributed by atoms with Crippen LogP contribution in [-0.2, 0) is 14.4 Å². The fourth-order valence-electron chi connectivity index (χ4n) is 4.00. The number of carbonyl (C=O) groups excluding carboxylic acids is 3. The van der Waals surface area contributed by atoms with Crippen LogP contribution in [0.4, 0.5) is 5.13 Å². The molecule has 150 valence electrons. The predicted octanol–water partition coefficient (Wildman–Crippen LogP) is 2.35. The van der Waals surface area contributed by atoms with E-state index in [1.807, 2.05) is 18.2 Å². The minimum absolute atomic E-state index is 0.0446. The van der Waals surface area contributed by atoms with Crippen molar-refractivity contribution in [3.05, 3.63) is 24.3 Å². The Morgan fingerprint density at radius 2 is 1.76 bits per heavy atom. The summed E-state index contributed by atoms with van der Waals surface area (Å²) in [6.07, 6.45) is 5.14. The fourth-order valence-corrected chi connectivity index (χ4v) is 4.90. The number of imide groups is 1. The van der Waals surface area contributed by atoms with Crippen LogP contribution in [0, 0.1) is 11.8 Å². The molecule has 9 heteroatoms. The first kappa shape index (κ1) is 18.1. The smallest absolute Gasteiger partial charge is 0.233 e. The van der Waals surface area contributed by atoms with Gasteiger partial charge in [0.25, 0.3) is 0 Å². The predicted molar refractivity (Wildman–Crippen MR) is 106 cm³/mol. The van der Waals surface area contributed by atoms with Crippen LogP contribution in [0.25, 0.3) is 10.2 Å². The molecule has 0 spiro atoms. The Bertz CT molecular complexity index is 977. The number of anilines is 1. The number of nitrogens with zero attached hydrogens (tertiary/aromatic N) is 2. The van der Waals surface area contributed by atoms with Gasteiger partial charge in [0, 0.05) is 25.1 Å². The van der Waals surface area contributed by atoms with Crippen molar-refractivity contribution in [2.24, 2.45) is 11.8 Å². The third kappa shape index (κ3) is 3.25. The van der Waals surface area contributed by atoms with Gasteiger partial charge in [-0.2, -0.15) is 0 Å². The number of hydrogen-bond acceptors (Lipinski definition) is 7. The van der Waals surface area contributed by atoms with E-state index in [9.17, 15) is 14.4 Å². The number of likely N-dealkylation sites (tertiary alicyclic amines) is 1. The van der Waals surface area contributed by atoms with Gasteiger partial charge in [0.2, 0.25) is 17.7 Å². The molecule has 2 aliphatic heterocycles. The van der Waals surface area contributed by atoms with Crippen molar-refractivity contribution in [2.75, 3.05) is 25.1 Å². The minimum atomic E-state index is -0.282. The normalized spacial score (nSPS) is 22.8. The molecule has 3 aliphatic rings. The Morgan fingerprint density at radius 1 is 1.10 bits per heavy atom. The summed E-state index contributed by atoms with van der Waals surface area (Å²) < 4.78 is 12.0. The van der Waals surface area contributed by atoms with Gasteiger partial charge in [-0.3, -0.25) is 19.3 Å². The molecular weight excluding hydrogens is 394 g/mol. The molecule has 1 N–H and O–H groups in total. The molecule has 0 bridgehead atoms. The lowest BCUT2D eigenvalue weighted by atomic mass is 9.85. The number of fused-ring (bicyclic) bond motifs is 3. The van der Waals surface area contributed by atoms with Crippen molar-refractivity contribution >= 4 is 44.4 Å². The maximum atomic E-state index is 12.5. The summed E-state index contributed by atoms with van der Waals surface area (Å²) in [5.74, 6) is 0.173. The van der Waals surface area contributed by atoms with Crippen LogP contribution in [0.3, 0.4) is 0 Å². The molecule has 2 aromatic rings. The summed E-state index contributed by atoms with van der Waals surface area (Å²) in [4.78, 5) is 43.0. The third-order valence-corrected chi connectivity index (χ3v) is 6.39. The average molecular weight is 413 g/mol. The van der Waals surface area contributed by atoms with Crippen LogP contribution in [0.1, 0.15) is 19.3 Å². The van der Waals surface area contributed by atoms with E-state index in [2.05, 4.69) is 10.3 Å². The topological polar surface area (TPSA) is 97.8 Å². The second-order valence-electron chi connectivity index (χ2n) is 7.26. The van der Waals surface area contributed by atoms with E-state index >= 15 is 0 Å². The van der Waals surface area contributed by atoms with Gasteiger partial charge in [0.15, 0.2) is 16.6 Å². The van der Waals surface area contributed by atoms with E-state index in [4.69, 9.17) is 9.47 Å². The summed E-state index contributed by atoms with van der Waals surface area (Å²) in [6.45, 7) is 1.10. The first-order valence-electron chi connectivity index (χ1n) is 9.60. The number of rotatable bonds is 4. The number of hydrogen-bond donors (Lipinski definition) is 1. The summed E-state index contributed by atoms with van der Waals surface area (Å²) >= 11 is 1.34. The number of thiazole rings is 1. The first-order valence-corrected chi connectivity index (χ1v) is 10.4. The highest BCUT2D eigenvalue weighted by atomic mass is 32.1. The molecule has 1 fully saturated rings. The third-order valence-electron chi connectivity index (χ3n) is 5.46.